The lowest BCUT2D eigenvalue weighted by Crippen LogP contribution is -2.34. The maximum atomic E-state index is 12.5. The van der Waals surface area contributed by atoms with Crippen LogP contribution in [0.1, 0.15) is 25.6 Å². The van der Waals surface area contributed by atoms with Crippen LogP contribution in [0.3, 0.4) is 0 Å². The number of halogens is 1. The zero-order valence-corrected chi connectivity index (χ0v) is 20.6. The molecule has 0 radical (unpaired) electrons. The highest BCUT2D eigenvalue weighted by Gasteiger charge is 2.17. The predicted octanol–water partition coefficient (Wildman–Crippen LogP) is 4.66. The molecule has 3 aromatic carbocycles. The average molecular weight is 522 g/mol. The number of methoxy groups -OCH3 is 1. The van der Waals surface area contributed by atoms with Gasteiger partial charge in [-0.25, -0.2) is 10.2 Å². The Hall–Kier alpha value is -4.21. The number of ether oxygens (including phenoxy) is 2. The van der Waals surface area contributed by atoms with E-state index in [4.69, 9.17) is 21.1 Å². The average Bonchev–Trinajstić information content (AvgIpc) is 3.25. The molecule has 0 aliphatic rings. The molecule has 10 heteroatoms. The van der Waals surface area contributed by atoms with E-state index in [1.54, 1.807) is 48.5 Å². The van der Waals surface area contributed by atoms with E-state index in [-0.39, 0.29) is 12.3 Å². The lowest BCUT2D eigenvalue weighted by Gasteiger charge is -2.10. The van der Waals surface area contributed by atoms with Gasteiger partial charge < -0.3 is 14.8 Å². The Kier molecular flexibility index (Phi) is 7.94. The standard InChI is InChI=1S/C26H20ClN3O5S/c1-34-20-13-16(11-12-19(20)35-26(33)17-7-3-2-4-8-17)14-29-30-22(31)15-28-25(32)24-23(27)18-9-5-6-10-21(18)36-24/h2-14H,15H2,1H3,(H,28,32)(H,30,31). The van der Waals surface area contributed by atoms with E-state index < -0.39 is 17.8 Å². The molecule has 2 amide bonds. The number of hydrazone groups is 1. The fourth-order valence-corrected chi connectivity index (χ4v) is 4.63. The molecular weight excluding hydrogens is 502 g/mol. The largest absolute Gasteiger partial charge is 0.493 e. The first-order valence-electron chi connectivity index (χ1n) is 10.7. The Balaban J connectivity index is 1.31. The fourth-order valence-electron chi connectivity index (χ4n) is 3.20. The van der Waals surface area contributed by atoms with Crippen LogP contribution >= 0.6 is 22.9 Å². The van der Waals surface area contributed by atoms with Crippen molar-refractivity contribution in [1.82, 2.24) is 10.7 Å². The Morgan fingerprint density at radius 1 is 1.00 bits per heavy atom. The van der Waals surface area contributed by atoms with Crippen LogP contribution < -0.4 is 20.2 Å². The van der Waals surface area contributed by atoms with Crippen molar-refractivity contribution in [2.75, 3.05) is 13.7 Å². The van der Waals surface area contributed by atoms with Crippen molar-refractivity contribution < 1.29 is 23.9 Å². The van der Waals surface area contributed by atoms with Gasteiger partial charge in [-0.3, -0.25) is 9.59 Å². The van der Waals surface area contributed by atoms with Gasteiger partial charge in [0.05, 0.1) is 30.5 Å². The summed E-state index contributed by atoms with van der Waals surface area (Å²) in [5, 5.41) is 7.59. The number of hydrogen-bond donors (Lipinski definition) is 2. The summed E-state index contributed by atoms with van der Waals surface area (Å²) in [6.07, 6.45) is 1.40. The number of nitrogens with one attached hydrogen (secondary N) is 2. The minimum atomic E-state index is -0.516. The molecule has 4 rings (SSSR count). The summed E-state index contributed by atoms with van der Waals surface area (Å²) < 4.78 is 11.6. The van der Waals surface area contributed by atoms with Gasteiger partial charge in [0.15, 0.2) is 11.5 Å². The van der Waals surface area contributed by atoms with Gasteiger partial charge in [0, 0.05) is 10.1 Å². The quantitative estimate of drug-likeness (QED) is 0.152. The van der Waals surface area contributed by atoms with Gasteiger partial charge in [-0.15, -0.1) is 11.3 Å². The normalized spacial score (nSPS) is 10.8. The highest BCUT2D eigenvalue weighted by Crippen LogP contribution is 2.35. The van der Waals surface area contributed by atoms with Crippen molar-refractivity contribution in [3.63, 3.8) is 0 Å². The fraction of sp³-hybridized carbons (Fsp3) is 0.0769. The molecule has 0 saturated heterocycles. The topological polar surface area (TPSA) is 106 Å². The molecule has 182 valence electrons. The van der Waals surface area contributed by atoms with Gasteiger partial charge in [-0.2, -0.15) is 5.10 Å². The number of nitrogens with zero attached hydrogens (tertiary/aromatic N) is 1. The number of rotatable bonds is 8. The second kappa shape index (κ2) is 11.5. The number of carbonyl (C=O) groups excluding carboxylic acids is 3. The SMILES string of the molecule is COc1cc(C=NNC(=O)CNC(=O)c2sc3ccccc3c2Cl)ccc1OC(=O)c1ccccc1. The second-order valence-electron chi connectivity index (χ2n) is 7.38. The van der Waals surface area contributed by atoms with Crippen LogP contribution in [0.4, 0.5) is 0 Å². The van der Waals surface area contributed by atoms with E-state index in [1.807, 2.05) is 24.3 Å². The van der Waals surface area contributed by atoms with Crippen molar-refractivity contribution in [2.24, 2.45) is 5.10 Å². The third-order valence-corrected chi connectivity index (χ3v) is 6.63. The highest BCUT2D eigenvalue weighted by molar-refractivity contribution is 7.21. The lowest BCUT2D eigenvalue weighted by molar-refractivity contribution is -0.120. The zero-order chi connectivity index (χ0) is 25.5. The maximum Gasteiger partial charge on any atom is 0.343 e. The minimum absolute atomic E-state index is 0.246. The van der Waals surface area contributed by atoms with Crippen molar-refractivity contribution >= 4 is 57.0 Å². The smallest absolute Gasteiger partial charge is 0.343 e. The molecule has 0 aliphatic carbocycles. The zero-order valence-electron chi connectivity index (χ0n) is 19.0. The second-order valence-corrected chi connectivity index (χ2v) is 8.81. The molecule has 8 nitrogen and oxygen atoms in total. The first-order valence-corrected chi connectivity index (χ1v) is 11.9. The molecular formula is C26H20ClN3O5S. The molecule has 0 fully saturated rings. The summed E-state index contributed by atoms with van der Waals surface area (Å²) in [6, 6.07) is 20.8. The summed E-state index contributed by atoms with van der Waals surface area (Å²) in [6.45, 7) is -0.279. The monoisotopic (exact) mass is 521 g/mol. The van der Waals surface area contributed by atoms with Gasteiger partial charge in [-0.1, -0.05) is 48.0 Å². The van der Waals surface area contributed by atoms with Crippen LogP contribution in [0.2, 0.25) is 5.02 Å². The molecule has 4 aromatic rings. The number of thiophene rings is 1. The Morgan fingerprint density at radius 2 is 1.75 bits per heavy atom. The van der Waals surface area contributed by atoms with Gasteiger partial charge in [-0.05, 0) is 42.0 Å². The predicted molar refractivity (Wildman–Crippen MR) is 139 cm³/mol. The van der Waals surface area contributed by atoms with Crippen molar-refractivity contribution in [3.05, 3.63) is 93.8 Å². The van der Waals surface area contributed by atoms with Crippen molar-refractivity contribution in [3.8, 4) is 11.5 Å². The summed E-state index contributed by atoms with van der Waals surface area (Å²) in [4.78, 5) is 37.2. The van der Waals surface area contributed by atoms with Crippen LogP contribution in [0, 0.1) is 0 Å². The first kappa shape index (κ1) is 24.9. The van der Waals surface area contributed by atoms with Crippen molar-refractivity contribution in [1.29, 1.82) is 0 Å². The van der Waals surface area contributed by atoms with E-state index in [0.29, 0.717) is 26.8 Å². The summed E-state index contributed by atoms with van der Waals surface area (Å²) >= 11 is 7.56. The Bertz CT molecular complexity index is 1450. The first-order chi connectivity index (χ1) is 17.5. The third-order valence-electron chi connectivity index (χ3n) is 4.95. The summed E-state index contributed by atoms with van der Waals surface area (Å²) in [5.74, 6) is -0.901. The molecule has 1 aromatic heterocycles. The highest BCUT2D eigenvalue weighted by atomic mass is 35.5. The number of carbonyl (C=O) groups is 3. The van der Waals surface area contributed by atoms with E-state index in [2.05, 4.69) is 15.8 Å². The number of benzene rings is 3. The Labute approximate surface area is 215 Å². The Morgan fingerprint density at radius 3 is 2.50 bits per heavy atom. The van der Waals surface area contributed by atoms with Crippen molar-refractivity contribution in [2.45, 2.75) is 0 Å². The molecule has 0 spiro atoms. The van der Waals surface area contributed by atoms with E-state index >= 15 is 0 Å². The van der Waals surface area contributed by atoms with Crippen LogP contribution in [-0.2, 0) is 4.79 Å². The third kappa shape index (κ3) is 5.88. The van der Waals surface area contributed by atoms with Crippen LogP contribution in [0.15, 0.2) is 77.9 Å². The van der Waals surface area contributed by atoms with Gasteiger partial charge in [0.1, 0.15) is 4.88 Å². The number of esters is 1. The van der Waals surface area contributed by atoms with Crippen LogP contribution in [0.25, 0.3) is 10.1 Å². The summed E-state index contributed by atoms with van der Waals surface area (Å²) in [7, 11) is 1.45. The molecule has 0 atom stereocenters. The molecule has 36 heavy (non-hydrogen) atoms. The minimum Gasteiger partial charge on any atom is -0.493 e. The number of hydrogen-bond acceptors (Lipinski definition) is 7. The van der Waals surface area contributed by atoms with E-state index in [0.717, 1.165) is 10.1 Å². The van der Waals surface area contributed by atoms with Gasteiger partial charge >= 0.3 is 5.97 Å². The maximum absolute atomic E-state index is 12.5. The number of amides is 2. The van der Waals surface area contributed by atoms with Gasteiger partial charge in [0.2, 0.25) is 0 Å². The molecule has 2 N–H and O–H groups in total. The molecule has 1 heterocycles. The molecule has 0 aliphatic heterocycles. The van der Waals surface area contributed by atoms with Crippen LogP contribution in [-0.4, -0.2) is 37.7 Å². The lowest BCUT2D eigenvalue weighted by atomic mass is 10.2. The van der Waals surface area contributed by atoms with E-state index in [9.17, 15) is 14.4 Å². The molecule has 0 unspecified atom stereocenters. The number of fused-ring (bicyclic) bond motifs is 1. The van der Waals surface area contributed by atoms with Crippen LogP contribution in [0.5, 0.6) is 11.5 Å². The molecule has 0 bridgehead atoms. The van der Waals surface area contributed by atoms with Gasteiger partial charge in [0.25, 0.3) is 11.8 Å². The molecule has 0 saturated carbocycles. The van der Waals surface area contributed by atoms with E-state index in [1.165, 1.54) is 24.7 Å². The summed E-state index contributed by atoms with van der Waals surface area (Å²) in [5.41, 5.74) is 3.35.